The average Bonchev–Trinajstić information content (AvgIpc) is 2.69. The SMILES string of the molecule is O=S(=O)(Nc1cccc(I)c1)c1cncs1. The molecule has 1 aromatic carbocycles. The quantitative estimate of drug-likeness (QED) is 0.850. The van der Waals surface area contributed by atoms with Crippen molar-refractivity contribution < 1.29 is 8.42 Å². The maximum absolute atomic E-state index is 11.8. The van der Waals surface area contributed by atoms with Crippen LogP contribution in [0.1, 0.15) is 0 Å². The molecule has 2 aromatic rings. The second-order valence-corrected chi connectivity index (χ2v) is 6.98. The van der Waals surface area contributed by atoms with E-state index in [0.29, 0.717) is 5.69 Å². The summed E-state index contributed by atoms with van der Waals surface area (Å²) in [5, 5.41) is 0. The van der Waals surface area contributed by atoms with Crippen LogP contribution in [0.25, 0.3) is 0 Å². The lowest BCUT2D eigenvalue weighted by molar-refractivity contribution is 0.603. The minimum atomic E-state index is -3.48. The molecule has 84 valence electrons. The van der Waals surface area contributed by atoms with Crippen molar-refractivity contribution in [3.05, 3.63) is 39.5 Å². The molecule has 7 heteroatoms. The zero-order chi connectivity index (χ0) is 11.6. The van der Waals surface area contributed by atoms with E-state index in [0.717, 1.165) is 14.9 Å². The summed E-state index contributed by atoms with van der Waals surface area (Å²) in [5.41, 5.74) is 2.05. The zero-order valence-corrected chi connectivity index (χ0v) is 11.7. The molecule has 0 radical (unpaired) electrons. The molecule has 0 bridgehead atoms. The normalized spacial score (nSPS) is 11.3. The fourth-order valence-electron chi connectivity index (χ4n) is 1.09. The summed E-state index contributed by atoms with van der Waals surface area (Å²) in [7, 11) is -3.48. The van der Waals surface area contributed by atoms with Gasteiger partial charge in [0.05, 0.1) is 11.7 Å². The van der Waals surface area contributed by atoms with Gasteiger partial charge in [-0.2, -0.15) is 0 Å². The van der Waals surface area contributed by atoms with Crippen molar-refractivity contribution in [2.45, 2.75) is 4.21 Å². The van der Waals surface area contributed by atoms with Gasteiger partial charge in [0.15, 0.2) is 4.21 Å². The van der Waals surface area contributed by atoms with Crippen molar-refractivity contribution in [1.82, 2.24) is 4.98 Å². The van der Waals surface area contributed by atoms with Gasteiger partial charge in [-0.05, 0) is 40.8 Å². The van der Waals surface area contributed by atoms with Crippen molar-refractivity contribution in [2.24, 2.45) is 0 Å². The molecule has 0 fully saturated rings. The molecule has 0 aliphatic rings. The molecule has 1 heterocycles. The van der Waals surface area contributed by atoms with Crippen molar-refractivity contribution >= 4 is 49.6 Å². The van der Waals surface area contributed by atoms with Gasteiger partial charge in [0.25, 0.3) is 10.0 Å². The zero-order valence-electron chi connectivity index (χ0n) is 7.92. The number of thiazole rings is 1. The molecule has 0 saturated heterocycles. The van der Waals surface area contributed by atoms with E-state index in [1.165, 1.54) is 11.7 Å². The molecule has 2 rings (SSSR count). The number of hydrogen-bond acceptors (Lipinski definition) is 4. The van der Waals surface area contributed by atoms with Crippen LogP contribution in [0.15, 0.2) is 40.2 Å². The van der Waals surface area contributed by atoms with E-state index >= 15 is 0 Å². The van der Waals surface area contributed by atoms with E-state index in [1.807, 2.05) is 6.07 Å². The van der Waals surface area contributed by atoms with Gasteiger partial charge in [-0.1, -0.05) is 6.07 Å². The van der Waals surface area contributed by atoms with Crippen molar-refractivity contribution in [3.8, 4) is 0 Å². The van der Waals surface area contributed by atoms with E-state index in [4.69, 9.17) is 0 Å². The summed E-state index contributed by atoms with van der Waals surface area (Å²) in [4.78, 5) is 3.75. The van der Waals surface area contributed by atoms with Crippen LogP contribution in [0, 0.1) is 3.57 Å². The van der Waals surface area contributed by atoms with Crippen LogP contribution in [-0.4, -0.2) is 13.4 Å². The van der Waals surface area contributed by atoms with Gasteiger partial charge in [-0.15, -0.1) is 11.3 Å². The van der Waals surface area contributed by atoms with Gasteiger partial charge < -0.3 is 0 Å². The third-order valence-corrected chi connectivity index (χ3v) is 5.07. The number of rotatable bonds is 3. The minimum Gasteiger partial charge on any atom is -0.279 e. The van der Waals surface area contributed by atoms with Gasteiger partial charge in [0, 0.05) is 9.26 Å². The average molecular weight is 366 g/mol. The molecular formula is C9H7IN2O2S2. The maximum Gasteiger partial charge on any atom is 0.273 e. The van der Waals surface area contributed by atoms with E-state index in [2.05, 4.69) is 32.3 Å². The second kappa shape index (κ2) is 4.68. The highest BCUT2D eigenvalue weighted by Gasteiger charge is 2.15. The number of halogens is 1. The number of anilines is 1. The summed E-state index contributed by atoms with van der Waals surface area (Å²) in [5.74, 6) is 0. The fraction of sp³-hybridized carbons (Fsp3) is 0. The highest BCUT2D eigenvalue weighted by atomic mass is 127. The first kappa shape index (κ1) is 11.8. The highest BCUT2D eigenvalue weighted by Crippen LogP contribution is 2.19. The Morgan fingerprint density at radius 2 is 2.19 bits per heavy atom. The van der Waals surface area contributed by atoms with Gasteiger partial charge in [0.1, 0.15) is 0 Å². The number of nitrogens with one attached hydrogen (secondary N) is 1. The van der Waals surface area contributed by atoms with Crippen LogP contribution in [0.3, 0.4) is 0 Å². The standard InChI is InChI=1S/C9H7IN2O2S2/c10-7-2-1-3-8(4-7)12-16(13,14)9-5-11-6-15-9/h1-6,12H. The van der Waals surface area contributed by atoms with E-state index in [-0.39, 0.29) is 4.21 Å². The van der Waals surface area contributed by atoms with Crippen LogP contribution in [0.5, 0.6) is 0 Å². The Hall–Kier alpha value is -0.670. The molecule has 4 nitrogen and oxygen atoms in total. The monoisotopic (exact) mass is 366 g/mol. The molecule has 0 spiro atoms. The Morgan fingerprint density at radius 3 is 2.81 bits per heavy atom. The molecule has 1 aromatic heterocycles. The Labute approximate surface area is 111 Å². The summed E-state index contributed by atoms with van der Waals surface area (Å²) >= 11 is 3.22. The number of sulfonamides is 1. The molecule has 0 saturated carbocycles. The third-order valence-electron chi connectivity index (χ3n) is 1.75. The van der Waals surface area contributed by atoms with Crippen LogP contribution < -0.4 is 4.72 Å². The van der Waals surface area contributed by atoms with Crippen LogP contribution >= 0.6 is 33.9 Å². The van der Waals surface area contributed by atoms with Crippen molar-refractivity contribution in [2.75, 3.05) is 4.72 Å². The van der Waals surface area contributed by atoms with Gasteiger partial charge >= 0.3 is 0 Å². The second-order valence-electron chi connectivity index (χ2n) is 2.94. The lowest BCUT2D eigenvalue weighted by atomic mass is 10.3. The van der Waals surface area contributed by atoms with Crippen LogP contribution in [-0.2, 0) is 10.0 Å². The van der Waals surface area contributed by atoms with Gasteiger partial charge in [0.2, 0.25) is 0 Å². The lowest BCUT2D eigenvalue weighted by Gasteiger charge is -2.05. The molecule has 16 heavy (non-hydrogen) atoms. The molecule has 0 atom stereocenters. The fourth-order valence-corrected chi connectivity index (χ4v) is 3.48. The predicted octanol–water partition coefficient (Wildman–Crippen LogP) is 2.55. The summed E-state index contributed by atoms with van der Waals surface area (Å²) in [6.45, 7) is 0. The van der Waals surface area contributed by atoms with E-state index in [1.54, 1.807) is 18.2 Å². The van der Waals surface area contributed by atoms with Crippen LogP contribution in [0.4, 0.5) is 5.69 Å². The Morgan fingerprint density at radius 1 is 1.38 bits per heavy atom. The van der Waals surface area contributed by atoms with Crippen molar-refractivity contribution in [1.29, 1.82) is 0 Å². The summed E-state index contributed by atoms with van der Waals surface area (Å²) in [6.07, 6.45) is 1.33. The first-order valence-electron chi connectivity index (χ1n) is 4.25. The minimum absolute atomic E-state index is 0.214. The summed E-state index contributed by atoms with van der Waals surface area (Å²) < 4.78 is 27.3. The lowest BCUT2D eigenvalue weighted by Crippen LogP contribution is -2.11. The molecule has 1 N–H and O–H groups in total. The first-order valence-corrected chi connectivity index (χ1v) is 7.69. The Balaban J connectivity index is 2.29. The Bertz CT molecular complexity index is 581. The third kappa shape index (κ3) is 2.71. The number of hydrogen-bond donors (Lipinski definition) is 1. The molecule has 0 unspecified atom stereocenters. The maximum atomic E-state index is 11.8. The molecular weight excluding hydrogens is 359 g/mol. The molecule has 0 amide bonds. The smallest absolute Gasteiger partial charge is 0.273 e. The number of nitrogens with zero attached hydrogens (tertiary/aromatic N) is 1. The van der Waals surface area contributed by atoms with E-state index < -0.39 is 10.0 Å². The van der Waals surface area contributed by atoms with Crippen LogP contribution in [0.2, 0.25) is 0 Å². The van der Waals surface area contributed by atoms with Crippen molar-refractivity contribution in [3.63, 3.8) is 0 Å². The predicted molar refractivity (Wildman–Crippen MR) is 72.1 cm³/mol. The Kier molecular flexibility index (Phi) is 3.45. The van der Waals surface area contributed by atoms with Gasteiger partial charge in [-0.3, -0.25) is 9.71 Å². The summed E-state index contributed by atoms with van der Waals surface area (Å²) in [6, 6.07) is 7.16. The van der Waals surface area contributed by atoms with Gasteiger partial charge in [-0.25, -0.2) is 8.42 Å². The number of aromatic nitrogens is 1. The highest BCUT2D eigenvalue weighted by molar-refractivity contribution is 14.1. The number of benzene rings is 1. The van der Waals surface area contributed by atoms with E-state index in [9.17, 15) is 8.42 Å². The largest absolute Gasteiger partial charge is 0.279 e. The molecule has 0 aliphatic carbocycles. The topological polar surface area (TPSA) is 59.1 Å². The molecule has 0 aliphatic heterocycles. The first-order chi connectivity index (χ1) is 7.58.